The molecule has 0 saturated heterocycles. The van der Waals surface area contributed by atoms with Crippen LogP contribution in [0.4, 0.5) is 0 Å². The third kappa shape index (κ3) is 31.9. The van der Waals surface area contributed by atoms with Crippen molar-refractivity contribution in [2.75, 3.05) is 26.2 Å². The van der Waals surface area contributed by atoms with Crippen molar-refractivity contribution in [3.05, 3.63) is 12.2 Å². The molecular weight excluding hydrogens is 566 g/mol. The number of nitrogens with zero attached hydrogens (tertiary/aromatic N) is 1. The van der Waals surface area contributed by atoms with Crippen molar-refractivity contribution in [1.29, 1.82) is 0 Å². The first-order valence-electron chi connectivity index (χ1n) is 19.0. The fraction of sp³-hybridized carbons (Fsp3) is 0.868. The summed E-state index contributed by atoms with van der Waals surface area (Å²) in [4.78, 5) is 33.1. The van der Waals surface area contributed by atoms with Crippen LogP contribution in [0.25, 0.3) is 0 Å². The second-order valence-electron chi connectivity index (χ2n) is 13.5. The van der Waals surface area contributed by atoms with Crippen LogP contribution in [0.2, 0.25) is 0 Å². The number of carboxylic acid groups (broad SMARTS) is 3. The minimum atomic E-state index is -0.766. The lowest BCUT2D eigenvalue weighted by Gasteiger charge is -2.39. The van der Waals surface area contributed by atoms with Gasteiger partial charge < -0.3 is 19.8 Å². The number of carboxylic acids is 3. The average molecular weight is 639 g/mol. The van der Waals surface area contributed by atoms with Gasteiger partial charge in [-0.05, 0) is 77.0 Å². The number of unbranched alkanes of at least 4 members (excludes halogenated alkanes) is 20. The van der Waals surface area contributed by atoms with Gasteiger partial charge in [-0.15, -0.1) is 0 Å². The number of rotatable bonds is 36. The quantitative estimate of drug-likeness (QED) is 0.0358. The van der Waals surface area contributed by atoms with Crippen LogP contribution < -0.4 is 0 Å². The zero-order valence-electron chi connectivity index (χ0n) is 29.3. The Morgan fingerprint density at radius 1 is 0.400 bits per heavy atom. The van der Waals surface area contributed by atoms with E-state index in [1.165, 1.54) is 116 Å². The third-order valence-corrected chi connectivity index (χ3v) is 9.21. The highest BCUT2D eigenvalue weighted by molar-refractivity contribution is 5.67. The van der Waals surface area contributed by atoms with Crippen LogP contribution in [0.5, 0.6) is 0 Å². The molecule has 0 aromatic carbocycles. The molecule has 0 aliphatic carbocycles. The van der Waals surface area contributed by atoms with E-state index < -0.39 is 17.9 Å². The summed E-state index contributed by atoms with van der Waals surface area (Å²) in [5, 5.41) is 27.2. The molecule has 45 heavy (non-hydrogen) atoms. The van der Waals surface area contributed by atoms with Crippen molar-refractivity contribution in [3.63, 3.8) is 0 Å². The first kappa shape index (κ1) is 43.1. The van der Waals surface area contributed by atoms with Crippen LogP contribution in [0.15, 0.2) is 12.2 Å². The topological polar surface area (TPSA) is 112 Å². The standard InChI is InChI=1S/C38H71NO6/c1-2-3-4-5-6-7-8-9-10-11-12-13-14-15-16-17-18-19-20-21-25-32-39(33-26-22-29-36(40)41,34-27-23-30-37(42)43)35-28-24-31-38(44)45/h8-9H,2-7,10-35H2,1H3,(H2-,40,41,42,43,44,45)/p+1/b9-8+. The molecule has 0 heterocycles. The van der Waals surface area contributed by atoms with Crippen molar-refractivity contribution in [2.45, 2.75) is 187 Å². The van der Waals surface area contributed by atoms with E-state index in [4.69, 9.17) is 15.3 Å². The number of aliphatic carboxylic acids is 3. The zero-order chi connectivity index (χ0) is 33.3. The summed E-state index contributed by atoms with van der Waals surface area (Å²) >= 11 is 0. The van der Waals surface area contributed by atoms with Gasteiger partial charge in [-0.3, -0.25) is 14.4 Å². The fourth-order valence-corrected chi connectivity index (χ4v) is 6.42. The molecule has 0 aliphatic heterocycles. The summed E-state index contributed by atoms with van der Waals surface area (Å²) in [6.45, 7) is 5.96. The Labute approximate surface area is 276 Å². The van der Waals surface area contributed by atoms with Gasteiger partial charge >= 0.3 is 17.9 Å². The second-order valence-corrected chi connectivity index (χ2v) is 13.5. The molecule has 0 amide bonds. The largest absolute Gasteiger partial charge is 0.481 e. The van der Waals surface area contributed by atoms with Crippen molar-refractivity contribution < 1.29 is 34.2 Å². The van der Waals surface area contributed by atoms with Crippen LogP contribution >= 0.6 is 0 Å². The fourth-order valence-electron chi connectivity index (χ4n) is 6.42. The lowest BCUT2D eigenvalue weighted by Crippen LogP contribution is -2.51. The van der Waals surface area contributed by atoms with Crippen LogP contribution in [0.1, 0.15) is 187 Å². The second kappa shape index (κ2) is 32.1. The van der Waals surface area contributed by atoms with Crippen LogP contribution in [-0.2, 0) is 14.4 Å². The van der Waals surface area contributed by atoms with Crippen molar-refractivity contribution >= 4 is 17.9 Å². The minimum Gasteiger partial charge on any atom is -0.481 e. The zero-order valence-corrected chi connectivity index (χ0v) is 29.3. The molecule has 0 radical (unpaired) electrons. The summed E-state index contributed by atoms with van der Waals surface area (Å²) in [5.74, 6) is -2.30. The number of hydrogen-bond donors (Lipinski definition) is 3. The van der Waals surface area contributed by atoms with E-state index in [0.717, 1.165) is 56.3 Å². The molecule has 0 rings (SSSR count). The maximum absolute atomic E-state index is 11.0. The maximum Gasteiger partial charge on any atom is 0.303 e. The Bertz CT molecular complexity index is 683. The highest BCUT2D eigenvalue weighted by Gasteiger charge is 2.26. The van der Waals surface area contributed by atoms with Gasteiger partial charge in [-0.1, -0.05) is 103 Å². The van der Waals surface area contributed by atoms with Gasteiger partial charge in [0, 0.05) is 19.3 Å². The molecule has 7 nitrogen and oxygen atoms in total. The molecule has 0 spiro atoms. The summed E-state index contributed by atoms with van der Waals surface area (Å²) < 4.78 is 0.869. The monoisotopic (exact) mass is 639 g/mol. The molecule has 0 aromatic rings. The Hall–Kier alpha value is -1.89. The van der Waals surface area contributed by atoms with Gasteiger partial charge in [-0.25, -0.2) is 0 Å². The summed E-state index contributed by atoms with van der Waals surface area (Å²) in [6.07, 6.45) is 34.7. The van der Waals surface area contributed by atoms with E-state index in [9.17, 15) is 14.4 Å². The maximum atomic E-state index is 11.0. The molecule has 0 aliphatic rings. The predicted molar refractivity (Wildman–Crippen MR) is 187 cm³/mol. The van der Waals surface area contributed by atoms with Crippen LogP contribution in [0, 0.1) is 0 Å². The van der Waals surface area contributed by atoms with Gasteiger partial charge in [0.1, 0.15) is 0 Å². The molecular formula is C38H72NO6+. The Morgan fingerprint density at radius 3 is 0.978 bits per heavy atom. The van der Waals surface area contributed by atoms with E-state index in [1.807, 2.05) is 0 Å². The molecule has 0 atom stereocenters. The van der Waals surface area contributed by atoms with Gasteiger partial charge in [0.05, 0.1) is 26.2 Å². The third-order valence-electron chi connectivity index (χ3n) is 9.21. The molecule has 7 heteroatoms. The lowest BCUT2D eigenvalue weighted by atomic mass is 10.0. The Kier molecular flexibility index (Phi) is 30.7. The predicted octanol–water partition coefficient (Wildman–Crippen LogP) is 10.6. The first-order valence-corrected chi connectivity index (χ1v) is 19.0. The molecule has 264 valence electrons. The van der Waals surface area contributed by atoms with Gasteiger partial charge in [0.2, 0.25) is 0 Å². The Balaban J connectivity index is 4.20. The number of quaternary nitrogens is 1. The number of allylic oxidation sites excluding steroid dienone is 2. The normalized spacial score (nSPS) is 11.8. The van der Waals surface area contributed by atoms with Crippen LogP contribution in [-0.4, -0.2) is 63.9 Å². The molecule has 0 unspecified atom stereocenters. The van der Waals surface area contributed by atoms with E-state index >= 15 is 0 Å². The van der Waals surface area contributed by atoms with Crippen LogP contribution in [0.3, 0.4) is 0 Å². The van der Waals surface area contributed by atoms with E-state index in [2.05, 4.69) is 19.1 Å². The summed E-state index contributed by atoms with van der Waals surface area (Å²) in [7, 11) is 0. The smallest absolute Gasteiger partial charge is 0.303 e. The molecule has 0 saturated carbocycles. The average Bonchev–Trinajstić information content (AvgIpc) is 3.00. The lowest BCUT2D eigenvalue weighted by molar-refractivity contribution is -0.929. The van der Waals surface area contributed by atoms with Crippen molar-refractivity contribution in [3.8, 4) is 0 Å². The summed E-state index contributed by atoms with van der Waals surface area (Å²) in [5.41, 5.74) is 0. The van der Waals surface area contributed by atoms with E-state index in [0.29, 0.717) is 19.3 Å². The number of carbonyl (C=O) groups is 3. The highest BCUT2D eigenvalue weighted by Crippen LogP contribution is 2.20. The van der Waals surface area contributed by atoms with E-state index in [-0.39, 0.29) is 19.3 Å². The van der Waals surface area contributed by atoms with Gasteiger partial charge in [-0.2, -0.15) is 0 Å². The Morgan fingerprint density at radius 2 is 0.667 bits per heavy atom. The molecule has 0 fully saturated rings. The van der Waals surface area contributed by atoms with Gasteiger partial charge in [0.25, 0.3) is 0 Å². The number of hydrogen-bond acceptors (Lipinski definition) is 3. The van der Waals surface area contributed by atoms with Gasteiger partial charge in [0.15, 0.2) is 0 Å². The molecule has 0 aromatic heterocycles. The molecule has 3 N–H and O–H groups in total. The molecule has 0 bridgehead atoms. The van der Waals surface area contributed by atoms with E-state index in [1.54, 1.807) is 0 Å². The summed E-state index contributed by atoms with van der Waals surface area (Å²) in [6, 6.07) is 0. The SMILES string of the molecule is CCCCCCC/C=C/CCCCCCCCCCCCCC[N+](CCCCC(=O)O)(CCCCC(=O)O)CCCCC(=O)O. The highest BCUT2D eigenvalue weighted by atomic mass is 16.4. The van der Waals surface area contributed by atoms with Crippen molar-refractivity contribution in [2.24, 2.45) is 0 Å². The van der Waals surface area contributed by atoms with Crippen molar-refractivity contribution in [1.82, 2.24) is 0 Å². The first-order chi connectivity index (χ1) is 21.8. The minimum absolute atomic E-state index is 0.176.